The van der Waals surface area contributed by atoms with E-state index in [1.54, 1.807) is 13.2 Å². The fourth-order valence-corrected chi connectivity index (χ4v) is 6.06. The Morgan fingerprint density at radius 1 is 0.889 bits per heavy atom. The number of carbonyl (C=O) groups is 6. The molecule has 2 aliphatic rings. The molecule has 1 aromatic heterocycles. The zero-order valence-electron chi connectivity index (χ0n) is 29.4. The highest BCUT2D eigenvalue weighted by Crippen LogP contribution is 2.34. The number of rotatable bonds is 17. The SMILES string of the molecule is CNC(=O)c1cnc2ccc(NCCOCCOCCNC(=O)COc3cccc4c3C(=O)N(C3CCC(=O)NC3=O)C4=O)cc2c1Nc1ccccc1. The minimum atomic E-state index is -1.11. The number of aromatic nitrogens is 1. The van der Waals surface area contributed by atoms with Gasteiger partial charge < -0.3 is 35.5 Å². The number of amides is 6. The normalized spacial score (nSPS) is 15.1. The fraction of sp³-hybridized carbons (Fsp3) is 0.289. The van der Waals surface area contributed by atoms with Crippen molar-refractivity contribution in [3.8, 4) is 5.75 Å². The van der Waals surface area contributed by atoms with Crippen LogP contribution in [0.15, 0.2) is 72.9 Å². The Morgan fingerprint density at radius 2 is 1.67 bits per heavy atom. The van der Waals surface area contributed by atoms with Crippen LogP contribution in [0, 0.1) is 0 Å². The molecule has 1 unspecified atom stereocenters. The van der Waals surface area contributed by atoms with Crippen LogP contribution < -0.4 is 31.3 Å². The predicted octanol–water partition coefficient (Wildman–Crippen LogP) is 2.38. The van der Waals surface area contributed by atoms with Gasteiger partial charge in [0, 0.05) is 49.5 Å². The maximum atomic E-state index is 13.2. The van der Waals surface area contributed by atoms with Crippen molar-refractivity contribution in [1.82, 2.24) is 25.8 Å². The van der Waals surface area contributed by atoms with Crippen LogP contribution in [0.25, 0.3) is 10.9 Å². The number of piperidine rings is 1. The van der Waals surface area contributed by atoms with Gasteiger partial charge in [-0.25, -0.2) is 0 Å². The van der Waals surface area contributed by atoms with E-state index in [9.17, 15) is 28.8 Å². The molecular weight excluding hydrogens is 698 g/mol. The number of pyridine rings is 1. The van der Waals surface area contributed by atoms with Crippen LogP contribution in [0.3, 0.4) is 0 Å². The first-order chi connectivity index (χ1) is 26.2. The van der Waals surface area contributed by atoms with Gasteiger partial charge in [-0.1, -0.05) is 24.3 Å². The highest BCUT2D eigenvalue weighted by molar-refractivity contribution is 6.24. The molecule has 4 aromatic rings. The summed E-state index contributed by atoms with van der Waals surface area (Å²) in [5.74, 6) is -3.23. The Bertz CT molecular complexity index is 2080. The molecule has 2 aliphatic heterocycles. The quantitative estimate of drug-likeness (QED) is 0.0783. The number of carbonyl (C=O) groups excluding carboxylic acids is 6. The van der Waals surface area contributed by atoms with Gasteiger partial charge in [-0.2, -0.15) is 0 Å². The zero-order valence-corrected chi connectivity index (χ0v) is 29.4. The van der Waals surface area contributed by atoms with E-state index in [1.165, 1.54) is 18.2 Å². The second-order valence-corrected chi connectivity index (χ2v) is 12.3. The van der Waals surface area contributed by atoms with Crippen molar-refractivity contribution in [1.29, 1.82) is 0 Å². The van der Waals surface area contributed by atoms with Crippen LogP contribution in [-0.4, -0.2) is 105 Å². The van der Waals surface area contributed by atoms with Gasteiger partial charge in [0.25, 0.3) is 23.6 Å². The second-order valence-electron chi connectivity index (χ2n) is 12.3. The lowest BCUT2D eigenvalue weighted by Crippen LogP contribution is -2.54. The van der Waals surface area contributed by atoms with Crippen molar-refractivity contribution in [2.45, 2.75) is 18.9 Å². The van der Waals surface area contributed by atoms with Crippen LogP contribution in [-0.2, 0) is 23.9 Å². The van der Waals surface area contributed by atoms with Crippen molar-refractivity contribution < 1.29 is 43.0 Å². The Balaban J connectivity index is 0.886. The third kappa shape index (κ3) is 8.62. The standard InChI is InChI=1S/C38H39N7O9/c1-39-35(48)27-21-42-28-11-10-24(20-26(28)34(27)43-23-6-3-2-4-7-23)40-14-16-52-18-19-53-17-15-41-32(47)22-54-30-9-5-8-25-33(30)38(51)45(37(25)50)29-12-13-31(46)44-36(29)49/h2-11,20-21,29,40H,12-19,22H2,1H3,(H,39,48)(H,41,47)(H,42,43)(H,44,46,49). The van der Waals surface area contributed by atoms with Gasteiger partial charge in [0.15, 0.2) is 6.61 Å². The summed E-state index contributed by atoms with van der Waals surface area (Å²) in [5.41, 5.74) is 3.51. The summed E-state index contributed by atoms with van der Waals surface area (Å²) in [7, 11) is 1.58. The summed E-state index contributed by atoms with van der Waals surface area (Å²) in [4.78, 5) is 80.4. The van der Waals surface area contributed by atoms with Crippen LogP contribution in [0.5, 0.6) is 5.75 Å². The lowest BCUT2D eigenvalue weighted by atomic mass is 10.0. The van der Waals surface area contributed by atoms with E-state index >= 15 is 0 Å². The van der Waals surface area contributed by atoms with Gasteiger partial charge in [-0.15, -0.1) is 0 Å². The number of hydrogen-bond acceptors (Lipinski definition) is 12. The molecule has 3 heterocycles. The van der Waals surface area contributed by atoms with Crippen LogP contribution >= 0.6 is 0 Å². The molecule has 0 saturated carbocycles. The molecule has 0 aliphatic carbocycles. The minimum Gasteiger partial charge on any atom is -0.483 e. The molecule has 16 nitrogen and oxygen atoms in total. The molecule has 16 heteroatoms. The van der Waals surface area contributed by atoms with E-state index in [2.05, 4.69) is 31.6 Å². The van der Waals surface area contributed by atoms with E-state index in [0.717, 1.165) is 27.2 Å². The topological polar surface area (TPSA) is 206 Å². The van der Waals surface area contributed by atoms with Gasteiger partial charge in [0.2, 0.25) is 11.8 Å². The molecule has 3 aromatic carbocycles. The highest BCUT2D eigenvalue weighted by atomic mass is 16.5. The van der Waals surface area contributed by atoms with Crippen molar-refractivity contribution in [3.05, 3.63) is 89.6 Å². The van der Waals surface area contributed by atoms with Crippen molar-refractivity contribution in [3.63, 3.8) is 0 Å². The van der Waals surface area contributed by atoms with Crippen molar-refractivity contribution in [2.75, 3.05) is 63.8 Å². The lowest BCUT2D eigenvalue weighted by Gasteiger charge is -2.27. The Morgan fingerprint density at radius 3 is 2.43 bits per heavy atom. The lowest BCUT2D eigenvalue weighted by molar-refractivity contribution is -0.136. The van der Waals surface area contributed by atoms with Gasteiger partial charge in [0.05, 0.1) is 54.3 Å². The molecule has 6 amide bonds. The molecule has 1 fully saturated rings. The summed E-state index contributed by atoms with van der Waals surface area (Å²) in [5, 5.41) is 15.0. The largest absolute Gasteiger partial charge is 0.483 e. The van der Waals surface area contributed by atoms with E-state index in [0.29, 0.717) is 37.6 Å². The van der Waals surface area contributed by atoms with Crippen LogP contribution in [0.4, 0.5) is 17.1 Å². The Labute approximate surface area is 309 Å². The minimum absolute atomic E-state index is 0.00675. The summed E-state index contributed by atoms with van der Waals surface area (Å²) >= 11 is 0. The maximum absolute atomic E-state index is 13.2. The molecule has 0 bridgehead atoms. The van der Waals surface area contributed by atoms with Gasteiger partial charge in [0.1, 0.15) is 11.8 Å². The molecule has 1 saturated heterocycles. The average Bonchev–Trinajstić information content (AvgIpc) is 3.43. The molecule has 1 atom stereocenters. The molecule has 54 heavy (non-hydrogen) atoms. The van der Waals surface area contributed by atoms with E-state index in [-0.39, 0.29) is 48.8 Å². The van der Waals surface area contributed by atoms with Crippen molar-refractivity contribution >= 4 is 63.4 Å². The smallest absolute Gasteiger partial charge is 0.266 e. The molecule has 5 N–H and O–H groups in total. The zero-order chi connectivity index (χ0) is 38.0. The maximum Gasteiger partial charge on any atom is 0.266 e. The monoisotopic (exact) mass is 737 g/mol. The summed E-state index contributed by atoms with van der Waals surface area (Å²) in [6, 6.07) is 18.6. The Kier molecular flexibility index (Phi) is 12.1. The molecule has 6 rings (SSSR count). The summed E-state index contributed by atoms with van der Waals surface area (Å²) in [6.07, 6.45) is 1.60. The fourth-order valence-electron chi connectivity index (χ4n) is 6.06. The number of nitrogens with zero attached hydrogens (tertiary/aromatic N) is 2. The number of hydrogen-bond donors (Lipinski definition) is 5. The predicted molar refractivity (Wildman–Crippen MR) is 197 cm³/mol. The summed E-state index contributed by atoms with van der Waals surface area (Å²) < 4.78 is 16.8. The number of imide groups is 2. The summed E-state index contributed by atoms with van der Waals surface area (Å²) in [6.45, 7) is 1.58. The number of para-hydroxylation sites is 1. The number of fused-ring (bicyclic) bond motifs is 2. The average molecular weight is 738 g/mol. The van der Waals surface area contributed by atoms with Gasteiger partial charge in [-0.3, -0.25) is 44.0 Å². The van der Waals surface area contributed by atoms with Gasteiger partial charge >= 0.3 is 0 Å². The highest BCUT2D eigenvalue weighted by Gasteiger charge is 2.46. The number of benzene rings is 3. The molecule has 0 radical (unpaired) electrons. The molecule has 280 valence electrons. The van der Waals surface area contributed by atoms with Crippen LogP contribution in [0.2, 0.25) is 0 Å². The van der Waals surface area contributed by atoms with Crippen molar-refractivity contribution in [2.24, 2.45) is 0 Å². The van der Waals surface area contributed by atoms with E-state index in [1.807, 2.05) is 48.5 Å². The van der Waals surface area contributed by atoms with Gasteiger partial charge in [-0.05, 0) is 48.9 Å². The third-order valence-electron chi connectivity index (χ3n) is 8.69. The van der Waals surface area contributed by atoms with E-state index in [4.69, 9.17) is 14.2 Å². The van der Waals surface area contributed by atoms with Crippen LogP contribution in [0.1, 0.15) is 43.9 Å². The molecular formula is C38H39N7O9. The molecule has 0 spiro atoms. The third-order valence-corrected chi connectivity index (χ3v) is 8.69. The number of nitrogens with one attached hydrogen (secondary N) is 5. The number of anilines is 3. The first kappa shape index (κ1) is 37.4. The Hall–Kier alpha value is -6.39. The first-order valence-corrected chi connectivity index (χ1v) is 17.4. The van der Waals surface area contributed by atoms with E-state index < -0.39 is 42.2 Å². The second kappa shape index (κ2) is 17.4. The number of ether oxygens (including phenoxy) is 3. The first-order valence-electron chi connectivity index (χ1n) is 17.4.